The summed E-state index contributed by atoms with van der Waals surface area (Å²) in [5, 5.41) is 0. The fraction of sp³-hybridized carbons (Fsp3) is 0.500. The Kier molecular flexibility index (Phi) is 3.59. The van der Waals surface area contributed by atoms with E-state index in [4.69, 9.17) is 4.74 Å². The molecule has 1 aromatic rings. The summed E-state index contributed by atoms with van der Waals surface area (Å²) in [4.78, 5) is 0. The molecule has 108 valence electrons. The predicted molar refractivity (Wildman–Crippen MR) is 69.9 cm³/mol. The van der Waals surface area contributed by atoms with E-state index in [1.165, 1.54) is 18.6 Å². The van der Waals surface area contributed by atoms with Crippen molar-refractivity contribution in [2.75, 3.05) is 6.61 Å². The summed E-state index contributed by atoms with van der Waals surface area (Å²) in [7, 11) is 0. The van der Waals surface area contributed by atoms with Crippen molar-refractivity contribution in [2.24, 2.45) is 17.8 Å². The lowest BCUT2D eigenvalue weighted by atomic mass is 9.95. The Morgan fingerprint density at radius 1 is 1.15 bits per heavy atom. The van der Waals surface area contributed by atoms with Gasteiger partial charge in [-0.2, -0.15) is 13.2 Å². The summed E-state index contributed by atoms with van der Waals surface area (Å²) < 4.78 is 43.4. The van der Waals surface area contributed by atoms with E-state index in [2.05, 4.69) is 12.2 Å². The minimum absolute atomic E-state index is 0.252. The Hall–Kier alpha value is -1.29. The van der Waals surface area contributed by atoms with Gasteiger partial charge < -0.3 is 4.74 Å². The van der Waals surface area contributed by atoms with Gasteiger partial charge in [0.05, 0.1) is 18.8 Å². The Balaban J connectivity index is 1.53. The molecule has 0 spiro atoms. The van der Waals surface area contributed by atoms with E-state index in [0.717, 1.165) is 12.5 Å². The van der Waals surface area contributed by atoms with Crippen LogP contribution in [-0.4, -0.2) is 6.61 Å². The van der Waals surface area contributed by atoms with E-state index in [1.54, 1.807) is 6.07 Å². The molecule has 2 aliphatic rings. The van der Waals surface area contributed by atoms with Gasteiger partial charge >= 0.3 is 6.18 Å². The number of halogens is 3. The van der Waals surface area contributed by atoms with E-state index in [0.29, 0.717) is 29.9 Å². The van der Waals surface area contributed by atoms with Gasteiger partial charge in [-0.3, -0.25) is 0 Å². The fourth-order valence-corrected chi connectivity index (χ4v) is 3.25. The average molecular weight is 282 g/mol. The molecule has 2 bridgehead atoms. The second-order valence-electron chi connectivity index (χ2n) is 5.75. The van der Waals surface area contributed by atoms with Gasteiger partial charge in [0.2, 0.25) is 0 Å². The third kappa shape index (κ3) is 2.90. The number of benzene rings is 1. The Morgan fingerprint density at radius 2 is 2.00 bits per heavy atom. The van der Waals surface area contributed by atoms with Gasteiger partial charge in [-0.25, -0.2) is 0 Å². The van der Waals surface area contributed by atoms with E-state index >= 15 is 0 Å². The number of rotatable bonds is 4. The smallest absolute Gasteiger partial charge is 0.376 e. The standard InChI is InChI=1S/C16H17F3O/c17-16(18,19)15-3-1-2-12(8-15)9-20-10-14-7-11-4-5-13(14)6-11/h1-5,8,11,13-14H,6-7,9-10H2/t11?,13?,14-/m1/s1. The highest BCUT2D eigenvalue weighted by atomic mass is 19.4. The van der Waals surface area contributed by atoms with Crippen LogP contribution in [0.1, 0.15) is 24.0 Å². The highest BCUT2D eigenvalue weighted by molar-refractivity contribution is 5.25. The van der Waals surface area contributed by atoms with E-state index < -0.39 is 11.7 Å². The van der Waals surface area contributed by atoms with Crippen LogP contribution >= 0.6 is 0 Å². The maximum Gasteiger partial charge on any atom is 0.416 e. The summed E-state index contributed by atoms with van der Waals surface area (Å²) in [6, 6.07) is 5.36. The zero-order valence-electron chi connectivity index (χ0n) is 11.1. The van der Waals surface area contributed by atoms with Gasteiger partial charge in [0.25, 0.3) is 0 Å². The molecule has 2 unspecified atom stereocenters. The molecule has 0 amide bonds. The quantitative estimate of drug-likeness (QED) is 0.742. The Bertz CT molecular complexity index is 507. The number of hydrogen-bond acceptors (Lipinski definition) is 1. The summed E-state index contributed by atoms with van der Waals surface area (Å²) in [6.07, 6.45) is 2.62. The first kappa shape index (κ1) is 13.7. The van der Waals surface area contributed by atoms with Crippen molar-refractivity contribution in [3.8, 4) is 0 Å². The SMILES string of the molecule is FC(F)(F)c1cccc(COC[C@H]2CC3C=CC2C3)c1. The van der Waals surface area contributed by atoms with Crippen LogP contribution in [0.25, 0.3) is 0 Å². The Morgan fingerprint density at radius 3 is 2.65 bits per heavy atom. The van der Waals surface area contributed by atoms with Gasteiger partial charge in [-0.15, -0.1) is 0 Å². The fourth-order valence-electron chi connectivity index (χ4n) is 3.25. The molecule has 3 rings (SSSR count). The Labute approximate surface area is 116 Å². The van der Waals surface area contributed by atoms with Gasteiger partial charge in [0.15, 0.2) is 0 Å². The third-order valence-electron chi connectivity index (χ3n) is 4.27. The maximum atomic E-state index is 12.6. The molecule has 1 aromatic carbocycles. The average Bonchev–Trinajstić information content (AvgIpc) is 3.00. The van der Waals surface area contributed by atoms with Crippen LogP contribution in [0, 0.1) is 17.8 Å². The lowest BCUT2D eigenvalue weighted by Gasteiger charge is -2.18. The molecular weight excluding hydrogens is 265 g/mol. The lowest BCUT2D eigenvalue weighted by Crippen LogP contribution is -2.14. The molecule has 0 saturated heterocycles. The van der Waals surface area contributed by atoms with Gasteiger partial charge in [-0.1, -0.05) is 24.3 Å². The van der Waals surface area contributed by atoms with E-state index in [9.17, 15) is 13.2 Å². The van der Waals surface area contributed by atoms with Crippen molar-refractivity contribution in [1.29, 1.82) is 0 Å². The number of alkyl halides is 3. The number of ether oxygens (including phenoxy) is 1. The molecule has 2 aliphatic carbocycles. The van der Waals surface area contributed by atoms with Crippen molar-refractivity contribution in [3.05, 3.63) is 47.5 Å². The predicted octanol–water partition coefficient (Wildman–Crippen LogP) is 4.43. The summed E-state index contributed by atoms with van der Waals surface area (Å²) in [6.45, 7) is 0.892. The van der Waals surface area contributed by atoms with Crippen molar-refractivity contribution in [2.45, 2.75) is 25.6 Å². The van der Waals surface area contributed by atoms with Crippen LogP contribution in [0.15, 0.2) is 36.4 Å². The van der Waals surface area contributed by atoms with Crippen LogP contribution in [0.4, 0.5) is 13.2 Å². The number of hydrogen-bond donors (Lipinski definition) is 0. The molecule has 3 atom stereocenters. The summed E-state index contributed by atoms with van der Waals surface area (Å²) in [5.74, 6) is 1.85. The van der Waals surface area contributed by atoms with Crippen molar-refractivity contribution < 1.29 is 17.9 Å². The molecule has 20 heavy (non-hydrogen) atoms. The van der Waals surface area contributed by atoms with Crippen LogP contribution < -0.4 is 0 Å². The summed E-state index contributed by atoms with van der Waals surface area (Å²) in [5.41, 5.74) is -0.0278. The number of fused-ring (bicyclic) bond motifs is 2. The minimum atomic E-state index is -4.29. The zero-order chi connectivity index (χ0) is 14.2. The third-order valence-corrected chi connectivity index (χ3v) is 4.27. The van der Waals surface area contributed by atoms with Crippen LogP contribution in [0.2, 0.25) is 0 Å². The highest BCUT2D eigenvalue weighted by Crippen LogP contribution is 2.43. The van der Waals surface area contributed by atoms with Crippen molar-refractivity contribution >= 4 is 0 Å². The lowest BCUT2D eigenvalue weighted by molar-refractivity contribution is -0.137. The minimum Gasteiger partial charge on any atom is -0.376 e. The molecule has 1 saturated carbocycles. The van der Waals surface area contributed by atoms with Crippen LogP contribution in [0.3, 0.4) is 0 Å². The largest absolute Gasteiger partial charge is 0.416 e. The van der Waals surface area contributed by atoms with Gasteiger partial charge in [0.1, 0.15) is 0 Å². The van der Waals surface area contributed by atoms with Crippen molar-refractivity contribution in [3.63, 3.8) is 0 Å². The molecule has 0 N–H and O–H groups in total. The monoisotopic (exact) mass is 282 g/mol. The molecular formula is C16H17F3O. The number of allylic oxidation sites excluding steroid dienone is 2. The molecule has 0 radical (unpaired) electrons. The maximum absolute atomic E-state index is 12.6. The molecule has 0 aromatic heterocycles. The van der Waals surface area contributed by atoms with Crippen molar-refractivity contribution in [1.82, 2.24) is 0 Å². The molecule has 0 heterocycles. The second kappa shape index (κ2) is 5.24. The first-order chi connectivity index (χ1) is 9.52. The van der Waals surface area contributed by atoms with E-state index in [1.807, 2.05) is 0 Å². The van der Waals surface area contributed by atoms with E-state index in [-0.39, 0.29) is 6.61 Å². The van der Waals surface area contributed by atoms with Gasteiger partial charge in [0, 0.05) is 0 Å². The first-order valence-electron chi connectivity index (χ1n) is 6.94. The molecule has 4 heteroatoms. The molecule has 1 nitrogen and oxygen atoms in total. The van der Waals surface area contributed by atoms with Crippen LogP contribution in [0.5, 0.6) is 0 Å². The summed E-state index contributed by atoms with van der Waals surface area (Å²) >= 11 is 0. The second-order valence-corrected chi connectivity index (χ2v) is 5.75. The normalized spacial score (nSPS) is 28.2. The van der Waals surface area contributed by atoms with Gasteiger partial charge in [-0.05, 0) is 48.3 Å². The highest BCUT2D eigenvalue weighted by Gasteiger charge is 2.35. The zero-order valence-corrected chi connectivity index (χ0v) is 11.1. The van der Waals surface area contributed by atoms with Crippen LogP contribution in [-0.2, 0) is 17.5 Å². The molecule has 1 fully saturated rings. The molecule has 0 aliphatic heterocycles. The topological polar surface area (TPSA) is 9.23 Å². The first-order valence-corrected chi connectivity index (χ1v) is 6.94.